The zero-order valence-corrected chi connectivity index (χ0v) is 16.0. The largest absolute Gasteiger partial charge is 0.460 e. The van der Waals surface area contributed by atoms with Gasteiger partial charge in [0.05, 0.1) is 6.54 Å². The summed E-state index contributed by atoms with van der Waals surface area (Å²) in [4.78, 5) is 21.0. The summed E-state index contributed by atoms with van der Waals surface area (Å²) in [6.07, 6.45) is 6.87. The van der Waals surface area contributed by atoms with Crippen molar-refractivity contribution in [3.63, 3.8) is 0 Å². The van der Waals surface area contributed by atoms with Crippen molar-refractivity contribution < 1.29 is 9.21 Å². The number of rotatable bonds is 4. The summed E-state index contributed by atoms with van der Waals surface area (Å²) in [5.41, 5.74) is 3.18. The molecule has 1 aromatic carbocycles. The zero-order chi connectivity index (χ0) is 18.9. The molecule has 1 saturated heterocycles. The van der Waals surface area contributed by atoms with Crippen LogP contribution < -0.4 is 0 Å². The summed E-state index contributed by atoms with van der Waals surface area (Å²) in [6.45, 7) is 4.44. The van der Waals surface area contributed by atoms with Gasteiger partial charge < -0.3 is 9.32 Å². The molecule has 5 nitrogen and oxygen atoms in total. The molecule has 2 aliphatic rings. The van der Waals surface area contributed by atoms with Crippen molar-refractivity contribution >= 4 is 16.9 Å². The number of hydrogen-bond donors (Lipinski definition) is 0. The average Bonchev–Trinajstić information content (AvgIpc) is 3.52. The first-order valence-corrected chi connectivity index (χ1v) is 10.2. The van der Waals surface area contributed by atoms with Crippen molar-refractivity contribution in [3.8, 4) is 11.1 Å². The third-order valence-corrected chi connectivity index (χ3v) is 5.77. The minimum Gasteiger partial charge on any atom is -0.460 e. The van der Waals surface area contributed by atoms with E-state index in [1.807, 2.05) is 18.3 Å². The van der Waals surface area contributed by atoms with Crippen LogP contribution in [-0.4, -0.2) is 46.9 Å². The monoisotopic (exact) mass is 375 g/mol. The lowest BCUT2D eigenvalue weighted by Gasteiger charge is -2.21. The lowest BCUT2D eigenvalue weighted by molar-refractivity contribution is -0.132. The highest BCUT2D eigenvalue weighted by Gasteiger charge is 2.33. The van der Waals surface area contributed by atoms with Gasteiger partial charge in [0.2, 0.25) is 5.91 Å². The number of amides is 1. The van der Waals surface area contributed by atoms with Gasteiger partial charge in [0.1, 0.15) is 11.3 Å². The maximum Gasteiger partial charge on any atom is 0.225 e. The zero-order valence-electron chi connectivity index (χ0n) is 16.0. The quantitative estimate of drug-likeness (QED) is 0.693. The van der Waals surface area contributed by atoms with Gasteiger partial charge >= 0.3 is 0 Å². The minimum atomic E-state index is 0.316. The van der Waals surface area contributed by atoms with E-state index in [-0.39, 0.29) is 0 Å². The van der Waals surface area contributed by atoms with Crippen molar-refractivity contribution in [1.82, 2.24) is 14.8 Å². The maximum absolute atomic E-state index is 12.3. The summed E-state index contributed by atoms with van der Waals surface area (Å²) in [7, 11) is 0. The molecule has 0 radical (unpaired) electrons. The number of carbonyl (C=O) groups excluding carboxylic acids is 1. The van der Waals surface area contributed by atoms with Crippen molar-refractivity contribution in [2.45, 2.75) is 25.8 Å². The van der Waals surface area contributed by atoms with Gasteiger partial charge in [-0.25, -0.2) is 0 Å². The van der Waals surface area contributed by atoms with Crippen LogP contribution in [0.25, 0.3) is 22.1 Å². The Balaban J connectivity index is 1.28. The van der Waals surface area contributed by atoms with E-state index in [1.165, 1.54) is 0 Å². The highest BCUT2D eigenvalue weighted by Crippen LogP contribution is 2.31. The first kappa shape index (κ1) is 17.4. The Bertz CT molecular complexity index is 978. The second kappa shape index (κ2) is 7.40. The Morgan fingerprint density at radius 2 is 2.00 bits per heavy atom. The molecular formula is C23H25N3O2. The Hall–Kier alpha value is -2.66. The summed E-state index contributed by atoms with van der Waals surface area (Å²) in [5, 5.41) is 1.12. The Labute approximate surface area is 165 Å². The van der Waals surface area contributed by atoms with Crippen LogP contribution in [0.15, 0.2) is 53.2 Å². The Kier molecular flexibility index (Phi) is 4.61. The third kappa shape index (κ3) is 3.67. The van der Waals surface area contributed by atoms with E-state index in [4.69, 9.17) is 4.42 Å². The second-order valence-electron chi connectivity index (χ2n) is 7.94. The molecule has 1 aliphatic carbocycles. The van der Waals surface area contributed by atoms with E-state index in [9.17, 15) is 4.79 Å². The van der Waals surface area contributed by atoms with Gasteiger partial charge in [-0.3, -0.25) is 14.7 Å². The van der Waals surface area contributed by atoms with Crippen LogP contribution in [0.1, 0.15) is 25.0 Å². The van der Waals surface area contributed by atoms with E-state index >= 15 is 0 Å². The van der Waals surface area contributed by atoms with Crippen molar-refractivity contribution in [2.75, 3.05) is 26.2 Å². The molecule has 0 unspecified atom stereocenters. The van der Waals surface area contributed by atoms with Crippen LogP contribution in [0.4, 0.5) is 0 Å². The summed E-state index contributed by atoms with van der Waals surface area (Å²) in [6, 6.07) is 12.5. The van der Waals surface area contributed by atoms with Gasteiger partial charge in [0.25, 0.3) is 0 Å². The molecule has 5 heteroatoms. The van der Waals surface area contributed by atoms with E-state index in [2.05, 4.69) is 39.0 Å². The van der Waals surface area contributed by atoms with E-state index < -0.39 is 0 Å². The molecule has 1 saturated carbocycles. The lowest BCUT2D eigenvalue weighted by Crippen LogP contribution is -2.35. The molecule has 0 atom stereocenters. The average molecular weight is 375 g/mol. The smallest absolute Gasteiger partial charge is 0.225 e. The second-order valence-corrected chi connectivity index (χ2v) is 7.94. The Morgan fingerprint density at radius 3 is 2.82 bits per heavy atom. The van der Waals surface area contributed by atoms with Crippen LogP contribution in [0.2, 0.25) is 0 Å². The number of aromatic nitrogens is 1. The molecule has 0 spiro atoms. The first-order valence-electron chi connectivity index (χ1n) is 10.2. The number of carbonyl (C=O) groups is 1. The molecule has 0 bridgehead atoms. The first-order chi connectivity index (χ1) is 13.8. The van der Waals surface area contributed by atoms with Crippen LogP contribution in [0, 0.1) is 5.92 Å². The lowest BCUT2D eigenvalue weighted by atomic mass is 10.1. The maximum atomic E-state index is 12.3. The van der Waals surface area contributed by atoms with E-state index in [1.54, 1.807) is 6.20 Å². The van der Waals surface area contributed by atoms with Gasteiger partial charge in [-0.2, -0.15) is 0 Å². The van der Waals surface area contributed by atoms with Crippen LogP contribution in [0.3, 0.4) is 0 Å². The summed E-state index contributed by atoms with van der Waals surface area (Å²) in [5.74, 6) is 1.67. The number of furan rings is 1. The normalized spacial score (nSPS) is 18.4. The van der Waals surface area contributed by atoms with Crippen LogP contribution in [-0.2, 0) is 11.3 Å². The fourth-order valence-corrected chi connectivity index (χ4v) is 4.05. The number of nitrogens with zero attached hydrogens (tertiary/aromatic N) is 3. The van der Waals surface area contributed by atoms with Gasteiger partial charge in [-0.1, -0.05) is 12.1 Å². The molecule has 3 aromatic rings. The highest BCUT2D eigenvalue weighted by molar-refractivity contribution is 5.84. The SMILES string of the molecule is O=C(C1CC1)N1CCCN(Cc2cc3cc(-c4cccnc4)ccc3o2)CC1. The summed E-state index contributed by atoms with van der Waals surface area (Å²) < 4.78 is 6.09. The van der Waals surface area contributed by atoms with Gasteiger partial charge in [0.15, 0.2) is 0 Å². The van der Waals surface area contributed by atoms with Gasteiger partial charge in [-0.05, 0) is 49.1 Å². The fourth-order valence-electron chi connectivity index (χ4n) is 4.05. The van der Waals surface area contributed by atoms with Crippen LogP contribution >= 0.6 is 0 Å². The number of hydrogen-bond acceptors (Lipinski definition) is 4. The standard InChI is InChI=1S/C23H25N3O2/c27-23(17-4-5-17)26-10-2-9-25(11-12-26)16-21-14-20-13-18(6-7-22(20)28-21)19-3-1-8-24-15-19/h1,3,6-8,13-15,17H,2,4-5,9-12,16H2. The number of benzene rings is 1. The van der Waals surface area contributed by atoms with Crippen molar-refractivity contribution in [3.05, 3.63) is 54.6 Å². The topological polar surface area (TPSA) is 49.6 Å². The van der Waals surface area contributed by atoms with Gasteiger partial charge in [-0.15, -0.1) is 0 Å². The van der Waals surface area contributed by atoms with Crippen molar-refractivity contribution in [1.29, 1.82) is 0 Å². The molecule has 5 rings (SSSR count). The number of fused-ring (bicyclic) bond motifs is 1. The predicted octanol–water partition coefficient (Wildman–Crippen LogP) is 3.94. The molecule has 144 valence electrons. The van der Waals surface area contributed by atoms with Crippen LogP contribution in [0.5, 0.6) is 0 Å². The summed E-state index contributed by atoms with van der Waals surface area (Å²) >= 11 is 0. The third-order valence-electron chi connectivity index (χ3n) is 5.77. The molecular weight excluding hydrogens is 350 g/mol. The van der Waals surface area contributed by atoms with E-state index in [0.717, 1.165) is 79.8 Å². The predicted molar refractivity (Wildman–Crippen MR) is 109 cm³/mol. The molecule has 2 aromatic heterocycles. The molecule has 0 N–H and O–H groups in total. The molecule has 3 heterocycles. The van der Waals surface area contributed by atoms with E-state index in [0.29, 0.717) is 11.8 Å². The van der Waals surface area contributed by atoms with Crippen molar-refractivity contribution in [2.24, 2.45) is 5.92 Å². The highest BCUT2D eigenvalue weighted by atomic mass is 16.3. The minimum absolute atomic E-state index is 0.316. The molecule has 28 heavy (non-hydrogen) atoms. The number of pyridine rings is 1. The molecule has 1 aliphatic heterocycles. The molecule has 1 amide bonds. The Morgan fingerprint density at radius 1 is 1.07 bits per heavy atom. The molecule has 2 fully saturated rings. The van der Waals surface area contributed by atoms with Gasteiger partial charge in [0, 0.05) is 55.4 Å². The fraction of sp³-hybridized carbons (Fsp3) is 0.391.